The van der Waals surface area contributed by atoms with E-state index >= 15 is 0 Å². The molecule has 2 rings (SSSR count). The quantitative estimate of drug-likeness (QED) is 0.855. The fraction of sp³-hybridized carbons (Fsp3) is 0.625. The van der Waals surface area contributed by atoms with Crippen LogP contribution in [0, 0.1) is 5.92 Å². The van der Waals surface area contributed by atoms with E-state index in [1.165, 1.54) is 24.0 Å². The van der Waals surface area contributed by atoms with Crippen molar-refractivity contribution in [1.29, 1.82) is 0 Å². The van der Waals surface area contributed by atoms with Gasteiger partial charge in [-0.15, -0.1) is 0 Å². The molecule has 0 fully saturated rings. The van der Waals surface area contributed by atoms with Gasteiger partial charge < -0.3 is 10.1 Å². The zero-order valence-corrected chi connectivity index (χ0v) is 12.9. The predicted octanol–water partition coefficient (Wildman–Crippen LogP) is 3.84. The Morgan fingerprint density at radius 1 is 1.32 bits per heavy atom. The number of benzene rings is 1. The van der Waals surface area contributed by atoms with Crippen molar-refractivity contribution in [1.82, 2.24) is 5.32 Å². The zero-order chi connectivity index (χ0) is 13.8. The molecule has 106 valence electrons. The van der Waals surface area contributed by atoms with Crippen LogP contribution in [0.2, 0.25) is 5.02 Å². The van der Waals surface area contributed by atoms with Crippen molar-refractivity contribution in [2.24, 2.45) is 5.92 Å². The number of nitrogens with one attached hydrogen (secondary N) is 1. The summed E-state index contributed by atoms with van der Waals surface area (Å²) in [5.74, 6) is 1.77. The lowest BCUT2D eigenvalue weighted by atomic mass is 9.89. The van der Waals surface area contributed by atoms with Gasteiger partial charge in [-0.05, 0) is 42.6 Å². The highest BCUT2D eigenvalue weighted by Gasteiger charge is 2.22. The first kappa shape index (κ1) is 14.7. The highest BCUT2D eigenvalue weighted by atomic mass is 35.5. The molecule has 0 aromatic heterocycles. The van der Waals surface area contributed by atoms with Gasteiger partial charge in [0.15, 0.2) is 0 Å². The number of likely N-dealkylation sites (N-methyl/N-ethyl adjacent to an activating group) is 1. The van der Waals surface area contributed by atoms with Gasteiger partial charge in [0.1, 0.15) is 5.75 Å². The van der Waals surface area contributed by atoms with Crippen molar-refractivity contribution in [3.63, 3.8) is 0 Å². The minimum atomic E-state index is 0.488. The summed E-state index contributed by atoms with van der Waals surface area (Å²) in [6.07, 6.45) is 4.38. The van der Waals surface area contributed by atoms with Crippen LogP contribution in [0.15, 0.2) is 12.1 Å². The molecule has 1 N–H and O–H groups in total. The van der Waals surface area contributed by atoms with E-state index in [0.29, 0.717) is 12.0 Å². The molecular weight excluding hydrogens is 258 g/mol. The number of fused-ring (bicyclic) bond motifs is 1. The molecule has 0 aliphatic carbocycles. The number of ether oxygens (including phenoxy) is 1. The molecule has 3 heteroatoms. The van der Waals surface area contributed by atoms with E-state index in [1.54, 1.807) is 0 Å². The summed E-state index contributed by atoms with van der Waals surface area (Å²) in [4.78, 5) is 0. The minimum absolute atomic E-state index is 0.488. The van der Waals surface area contributed by atoms with E-state index in [9.17, 15) is 0 Å². The molecule has 1 heterocycles. The molecule has 1 aliphatic heterocycles. The molecule has 19 heavy (non-hydrogen) atoms. The maximum atomic E-state index is 6.23. The Bertz CT molecular complexity index is 429. The molecule has 0 spiro atoms. The van der Waals surface area contributed by atoms with Crippen molar-refractivity contribution >= 4 is 11.6 Å². The van der Waals surface area contributed by atoms with Gasteiger partial charge in [-0.2, -0.15) is 0 Å². The number of hydrogen-bond acceptors (Lipinski definition) is 2. The van der Waals surface area contributed by atoms with Gasteiger partial charge in [0.05, 0.1) is 6.61 Å². The lowest BCUT2D eigenvalue weighted by Crippen LogP contribution is -2.35. The van der Waals surface area contributed by atoms with Crippen molar-refractivity contribution in [3.05, 3.63) is 28.3 Å². The summed E-state index contributed by atoms with van der Waals surface area (Å²) in [5, 5.41) is 4.30. The maximum absolute atomic E-state index is 6.23. The van der Waals surface area contributed by atoms with Crippen LogP contribution < -0.4 is 10.1 Å². The lowest BCUT2D eigenvalue weighted by molar-refractivity contribution is 0.332. The first-order valence-corrected chi connectivity index (χ1v) is 7.68. The fourth-order valence-electron chi connectivity index (χ4n) is 3.10. The summed E-state index contributed by atoms with van der Waals surface area (Å²) in [6.45, 7) is 5.31. The van der Waals surface area contributed by atoms with Crippen LogP contribution in [-0.4, -0.2) is 19.7 Å². The molecule has 0 saturated heterocycles. The Hall–Kier alpha value is -0.730. The second-order valence-electron chi connectivity index (χ2n) is 5.33. The first-order chi connectivity index (χ1) is 9.19. The van der Waals surface area contributed by atoms with Gasteiger partial charge in [-0.25, -0.2) is 0 Å². The van der Waals surface area contributed by atoms with Gasteiger partial charge in [0.25, 0.3) is 0 Å². The second-order valence-corrected chi connectivity index (χ2v) is 5.76. The second kappa shape index (κ2) is 6.62. The monoisotopic (exact) mass is 281 g/mol. The third-order valence-corrected chi connectivity index (χ3v) is 4.47. The van der Waals surface area contributed by atoms with Gasteiger partial charge in [-0.1, -0.05) is 38.3 Å². The van der Waals surface area contributed by atoms with Crippen LogP contribution in [0.5, 0.6) is 5.75 Å². The van der Waals surface area contributed by atoms with Crippen molar-refractivity contribution < 1.29 is 4.74 Å². The topological polar surface area (TPSA) is 21.3 Å². The molecule has 0 saturated carbocycles. The Balaban J connectivity index is 2.22. The minimum Gasteiger partial charge on any atom is -0.493 e. The van der Waals surface area contributed by atoms with Crippen LogP contribution in [0.4, 0.5) is 0 Å². The molecule has 1 aromatic rings. The van der Waals surface area contributed by atoms with Crippen LogP contribution in [-0.2, 0) is 12.8 Å². The Labute approximate surface area is 121 Å². The Morgan fingerprint density at radius 3 is 2.68 bits per heavy atom. The molecule has 0 amide bonds. The van der Waals surface area contributed by atoms with E-state index < -0.39 is 0 Å². The van der Waals surface area contributed by atoms with Crippen LogP contribution >= 0.6 is 11.6 Å². The third-order valence-electron chi connectivity index (χ3n) is 4.25. The van der Waals surface area contributed by atoms with Gasteiger partial charge >= 0.3 is 0 Å². The molecule has 2 nitrogen and oxygen atoms in total. The molecule has 1 aromatic carbocycles. The van der Waals surface area contributed by atoms with Crippen molar-refractivity contribution in [2.45, 2.75) is 45.6 Å². The van der Waals surface area contributed by atoms with E-state index in [0.717, 1.165) is 30.2 Å². The van der Waals surface area contributed by atoms with E-state index in [2.05, 4.69) is 32.3 Å². The van der Waals surface area contributed by atoms with Gasteiger partial charge in [0, 0.05) is 17.5 Å². The zero-order valence-electron chi connectivity index (χ0n) is 12.1. The average Bonchev–Trinajstić information content (AvgIpc) is 2.86. The standard InChI is InChI=1S/C16H24ClNO/c1-4-11(5-2)15(18-3)10-13-9-14(17)8-12-6-7-19-16(12)13/h8-9,11,15,18H,4-7,10H2,1-3H3. The number of halogens is 1. The third kappa shape index (κ3) is 3.24. The molecule has 1 atom stereocenters. The molecular formula is C16H24ClNO. The predicted molar refractivity (Wildman–Crippen MR) is 81.3 cm³/mol. The van der Waals surface area contributed by atoms with Gasteiger partial charge in [-0.3, -0.25) is 0 Å². The number of rotatable bonds is 6. The van der Waals surface area contributed by atoms with E-state index in [4.69, 9.17) is 16.3 Å². The molecule has 1 unspecified atom stereocenters. The number of hydrogen-bond donors (Lipinski definition) is 1. The normalized spacial score (nSPS) is 15.4. The highest BCUT2D eigenvalue weighted by Crippen LogP contribution is 2.34. The first-order valence-electron chi connectivity index (χ1n) is 7.30. The molecule has 0 bridgehead atoms. The molecule has 0 radical (unpaired) electrons. The summed E-state index contributed by atoms with van der Waals surface area (Å²) in [7, 11) is 2.05. The average molecular weight is 282 g/mol. The van der Waals surface area contributed by atoms with Crippen LogP contribution in [0.3, 0.4) is 0 Å². The van der Waals surface area contributed by atoms with Crippen LogP contribution in [0.1, 0.15) is 37.8 Å². The SMILES string of the molecule is CCC(CC)C(Cc1cc(Cl)cc2c1OCC2)NC. The van der Waals surface area contributed by atoms with E-state index in [1.807, 2.05) is 6.07 Å². The summed E-state index contributed by atoms with van der Waals surface area (Å²) in [5.41, 5.74) is 2.52. The molecule has 1 aliphatic rings. The highest BCUT2D eigenvalue weighted by molar-refractivity contribution is 6.30. The largest absolute Gasteiger partial charge is 0.493 e. The Kier molecular flexibility index (Phi) is 5.12. The van der Waals surface area contributed by atoms with Crippen molar-refractivity contribution in [2.75, 3.05) is 13.7 Å². The summed E-state index contributed by atoms with van der Waals surface area (Å²) >= 11 is 6.23. The summed E-state index contributed by atoms with van der Waals surface area (Å²) < 4.78 is 5.79. The van der Waals surface area contributed by atoms with Crippen LogP contribution in [0.25, 0.3) is 0 Å². The lowest BCUT2D eigenvalue weighted by Gasteiger charge is -2.25. The van der Waals surface area contributed by atoms with Crippen molar-refractivity contribution in [3.8, 4) is 5.75 Å². The smallest absolute Gasteiger partial charge is 0.125 e. The fourth-order valence-corrected chi connectivity index (χ4v) is 3.36. The summed E-state index contributed by atoms with van der Waals surface area (Å²) in [6, 6.07) is 4.60. The van der Waals surface area contributed by atoms with Gasteiger partial charge in [0.2, 0.25) is 0 Å². The maximum Gasteiger partial charge on any atom is 0.125 e. The Morgan fingerprint density at radius 2 is 2.05 bits per heavy atom. The van der Waals surface area contributed by atoms with E-state index in [-0.39, 0.29) is 0 Å².